The highest BCUT2D eigenvalue weighted by Gasteiger charge is 2.12. The Labute approximate surface area is 155 Å². The molecule has 138 valence electrons. The molecular formula is C23H27FO2. The molecule has 0 fully saturated rings. The van der Waals surface area contributed by atoms with Crippen molar-refractivity contribution in [3.05, 3.63) is 41.2 Å². The average Bonchev–Trinajstić information content (AvgIpc) is 2.61. The van der Waals surface area contributed by atoms with E-state index in [9.17, 15) is 9.18 Å². The van der Waals surface area contributed by atoms with Crippen molar-refractivity contribution in [2.45, 2.75) is 65.2 Å². The number of carbonyl (C=O) groups is 1. The number of esters is 1. The van der Waals surface area contributed by atoms with Gasteiger partial charge in [-0.2, -0.15) is 0 Å². The normalized spacial score (nSPS) is 10.7. The highest BCUT2D eigenvalue weighted by Crippen LogP contribution is 2.29. The maximum absolute atomic E-state index is 13.9. The molecule has 26 heavy (non-hydrogen) atoms. The van der Waals surface area contributed by atoms with Crippen LogP contribution in [0.1, 0.15) is 69.4 Å². The summed E-state index contributed by atoms with van der Waals surface area (Å²) < 4.78 is 19.3. The quantitative estimate of drug-likeness (QED) is 0.228. The van der Waals surface area contributed by atoms with Crippen LogP contribution < -0.4 is 4.74 Å². The van der Waals surface area contributed by atoms with Crippen LogP contribution in [-0.2, 0) is 4.79 Å². The van der Waals surface area contributed by atoms with Crippen LogP contribution in [0.4, 0.5) is 4.39 Å². The van der Waals surface area contributed by atoms with Crippen molar-refractivity contribution in [3.63, 3.8) is 0 Å². The highest BCUT2D eigenvalue weighted by molar-refractivity contribution is 5.92. The third-order valence-electron chi connectivity index (χ3n) is 4.60. The minimum atomic E-state index is -0.410. The Morgan fingerprint density at radius 1 is 1.12 bits per heavy atom. The predicted molar refractivity (Wildman–Crippen MR) is 105 cm³/mol. The molecule has 0 bridgehead atoms. The lowest BCUT2D eigenvalue weighted by atomic mass is 9.99. The summed E-state index contributed by atoms with van der Waals surface area (Å²) in [6.07, 6.45) is 14.0. The Bertz CT molecular complexity index is 802. The summed E-state index contributed by atoms with van der Waals surface area (Å²) in [5, 5.41) is 1.47. The number of halogens is 1. The predicted octanol–water partition coefficient (Wildman–Crippen LogP) is 6.31. The van der Waals surface area contributed by atoms with E-state index in [1.165, 1.54) is 38.2 Å². The maximum atomic E-state index is 13.9. The van der Waals surface area contributed by atoms with Gasteiger partial charge in [0.25, 0.3) is 0 Å². The summed E-state index contributed by atoms with van der Waals surface area (Å²) in [5.74, 6) is 2.26. The fourth-order valence-electron chi connectivity index (χ4n) is 3.23. The van der Waals surface area contributed by atoms with Crippen molar-refractivity contribution in [2.24, 2.45) is 0 Å². The number of aryl methyl sites for hydroxylation is 1. The molecule has 0 saturated carbocycles. The number of unbranched alkanes of at least 4 members (excludes halogenated alkanes) is 6. The molecule has 0 atom stereocenters. The van der Waals surface area contributed by atoms with Crippen LogP contribution in [0.2, 0.25) is 0 Å². The first-order chi connectivity index (χ1) is 12.6. The van der Waals surface area contributed by atoms with E-state index in [1.54, 1.807) is 18.2 Å². The number of ether oxygens (including phenoxy) is 1. The first-order valence-electron chi connectivity index (χ1n) is 9.47. The molecule has 0 spiro atoms. The molecule has 0 aromatic heterocycles. The molecule has 0 aliphatic rings. The van der Waals surface area contributed by atoms with E-state index >= 15 is 0 Å². The fraction of sp³-hybridized carbons (Fsp3) is 0.435. The molecule has 0 saturated heterocycles. The van der Waals surface area contributed by atoms with E-state index in [1.807, 2.05) is 6.92 Å². The van der Waals surface area contributed by atoms with Gasteiger partial charge in [0.2, 0.25) is 0 Å². The van der Waals surface area contributed by atoms with Crippen molar-refractivity contribution in [1.29, 1.82) is 0 Å². The van der Waals surface area contributed by atoms with Crippen molar-refractivity contribution in [1.82, 2.24) is 0 Å². The molecule has 2 aromatic rings. The third kappa shape index (κ3) is 5.33. The standard InChI is InChI=1S/C23H27FO2/c1-4-6-7-8-9-10-11-12-22(25)26-19-15-17(3)23-18(16-19)13-14-21(24)20(23)5-2/h2,13-16H,4,6-12H2,1,3H3. The van der Waals surface area contributed by atoms with Gasteiger partial charge < -0.3 is 4.74 Å². The molecule has 2 aromatic carbocycles. The minimum Gasteiger partial charge on any atom is -0.426 e. The number of hydrogen-bond acceptors (Lipinski definition) is 2. The fourth-order valence-corrected chi connectivity index (χ4v) is 3.23. The second-order valence-electron chi connectivity index (χ2n) is 6.75. The zero-order chi connectivity index (χ0) is 18.9. The first kappa shape index (κ1) is 20.0. The topological polar surface area (TPSA) is 26.3 Å². The SMILES string of the molecule is C#Cc1c(F)ccc2cc(OC(=O)CCCCCCCCC)cc(C)c12. The van der Waals surface area contributed by atoms with Crippen LogP contribution in [0.15, 0.2) is 24.3 Å². The van der Waals surface area contributed by atoms with Gasteiger partial charge in [-0.25, -0.2) is 4.39 Å². The van der Waals surface area contributed by atoms with E-state index < -0.39 is 5.82 Å². The summed E-state index contributed by atoms with van der Waals surface area (Å²) in [5.41, 5.74) is 1.05. The molecule has 2 nitrogen and oxygen atoms in total. The van der Waals surface area contributed by atoms with Gasteiger partial charge in [-0.3, -0.25) is 4.79 Å². The lowest BCUT2D eigenvalue weighted by Gasteiger charge is -2.10. The molecule has 0 aliphatic carbocycles. The molecule has 0 N–H and O–H groups in total. The van der Waals surface area contributed by atoms with Crippen molar-refractivity contribution >= 4 is 16.7 Å². The smallest absolute Gasteiger partial charge is 0.311 e. The van der Waals surface area contributed by atoms with Crippen molar-refractivity contribution < 1.29 is 13.9 Å². The molecule has 0 aliphatic heterocycles. The molecule has 0 unspecified atom stereocenters. The van der Waals surface area contributed by atoms with Gasteiger partial charge in [0.05, 0.1) is 5.56 Å². The number of rotatable bonds is 9. The molecule has 0 amide bonds. The monoisotopic (exact) mass is 354 g/mol. The first-order valence-corrected chi connectivity index (χ1v) is 9.47. The van der Waals surface area contributed by atoms with E-state index in [2.05, 4.69) is 12.8 Å². The lowest BCUT2D eigenvalue weighted by molar-refractivity contribution is -0.134. The number of carbonyl (C=O) groups excluding carboxylic acids is 1. The number of benzene rings is 2. The van der Waals surface area contributed by atoms with Crippen LogP contribution >= 0.6 is 0 Å². The summed E-state index contributed by atoms with van der Waals surface area (Å²) in [6.45, 7) is 4.05. The van der Waals surface area contributed by atoms with Gasteiger partial charge in [0.1, 0.15) is 11.6 Å². The Balaban J connectivity index is 1.94. The Kier molecular flexibility index (Phi) is 7.66. The molecule has 2 rings (SSSR count). The highest BCUT2D eigenvalue weighted by atomic mass is 19.1. The van der Waals surface area contributed by atoms with Crippen LogP contribution in [-0.4, -0.2) is 5.97 Å². The summed E-state index contributed by atoms with van der Waals surface area (Å²) in [6, 6.07) is 6.49. The number of terminal acetylenes is 1. The zero-order valence-corrected chi connectivity index (χ0v) is 15.7. The Hall–Kier alpha value is -2.34. The van der Waals surface area contributed by atoms with E-state index in [4.69, 9.17) is 11.2 Å². The average molecular weight is 354 g/mol. The van der Waals surface area contributed by atoms with Gasteiger partial charge in [0, 0.05) is 11.8 Å². The third-order valence-corrected chi connectivity index (χ3v) is 4.60. The lowest BCUT2D eigenvalue weighted by Crippen LogP contribution is -2.07. The molecule has 0 heterocycles. The number of hydrogen-bond donors (Lipinski definition) is 0. The van der Waals surface area contributed by atoms with Crippen LogP contribution in [0.3, 0.4) is 0 Å². The van der Waals surface area contributed by atoms with Crippen molar-refractivity contribution in [2.75, 3.05) is 0 Å². The second-order valence-corrected chi connectivity index (χ2v) is 6.75. The van der Waals surface area contributed by atoms with Gasteiger partial charge in [-0.15, -0.1) is 6.42 Å². The van der Waals surface area contributed by atoms with Gasteiger partial charge in [0.15, 0.2) is 0 Å². The second kappa shape index (κ2) is 9.97. The van der Waals surface area contributed by atoms with Gasteiger partial charge in [-0.05, 0) is 42.5 Å². The summed E-state index contributed by atoms with van der Waals surface area (Å²) in [7, 11) is 0. The summed E-state index contributed by atoms with van der Waals surface area (Å²) >= 11 is 0. The zero-order valence-electron chi connectivity index (χ0n) is 15.7. The van der Waals surface area contributed by atoms with E-state index in [0.717, 1.165) is 23.8 Å². The van der Waals surface area contributed by atoms with E-state index in [0.29, 0.717) is 17.6 Å². The largest absolute Gasteiger partial charge is 0.426 e. The van der Waals surface area contributed by atoms with Gasteiger partial charge >= 0.3 is 5.97 Å². The molecule has 3 heteroatoms. The summed E-state index contributed by atoms with van der Waals surface area (Å²) in [4.78, 5) is 12.1. The molecule has 0 radical (unpaired) electrons. The van der Waals surface area contributed by atoms with E-state index in [-0.39, 0.29) is 11.5 Å². The van der Waals surface area contributed by atoms with Gasteiger partial charge in [-0.1, -0.05) is 57.4 Å². The van der Waals surface area contributed by atoms with Crippen LogP contribution in [0, 0.1) is 25.1 Å². The van der Waals surface area contributed by atoms with Crippen molar-refractivity contribution in [3.8, 4) is 18.1 Å². The van der Waals surface area contributed by atoms with Crippen LogP contribution in [0.25, 0.3) is 10.8 Å². The van der Waals surface area contributed by atoms with Crippen LogP contribution in [0.5, 0.6) is 5.75 Å². The Morgan fingerprint density at radius 3 is 2.50 bits per heavy atom. The molecular weight excluding hydrogens is 327 g/mol. The number of fused-ring (bicyclic) bond motifs is 1. The minimum absolute atomic E-state index is 0.225. The Morgan fingerprint density at radius 2 is 1.81 bits per heavy atom. The maximum Gasteiger partial charge on any atom is 0.311 e.